The predicted octanol–water partition coefficient (Wildman–Crippen LogP) is 4.47. The largest absolute Gasteiger partial charge is 0.495 e. The highest BCUT2D eigenvalue weighted by atomic mass is 16.5. The molecule has 1 saturated carbocycles. The van der Waals surface area contributed by atoms with Crippen LogP contribution in [-0.4, -0.2) is 27.2 Å². The van der Waals surface area contributed by atoms with E-state index >= 15 is 0 Å². The topological polar surface area (TPSA) is 56.8 Å². The number of hydrogen-bond donors (Lipinski definition) is 1. The summed E-state index contributed by atoms with van der Waals surface area (Å²) in [5, 5.41) is 3.11. The quantitative estimate of drug-likeness (QED) is 0.816. The van der Waals surface area contributed by atoms with E-state index in [2.05, 4.69) is 5.32 Å². The number of anilines is 1. The summed E-state index contributed by atoms with van der Waals surface area (Å²) in [6.45, 7) is 1.99. The number of nitrogens with one attached hydrogen (secondary N) is 1. The molecule has 1 fully saturated rings. The predicted molar refractivity (Wildman–Crippen MR) is 106 cm³/mol. The Balaban J connectivity index is 1.98. The molecular formula is C22H27NO4. The number of aryl methyl sites for hydroxylation is 1. The van der Waals surface area contributed by atoms with Crippen LogP contribution in [0.2, 0.25) is 0 Å². The highest BCUT2D eigenvalue weighted by Crippen LogP contribution is 2.45. The van der Waals surface area contributed by atoms with Crippen LogP contribution < -0.4 is 19.5 Å². The number of carbonyl (C=O) groups excluding carboxylic acids is 1. The third kappa shape index (κ3) is 3.59. The molecule has 3 rings (SSSR count). The second-order valence-electron chi connectivity index (χ2n) is 7.02. The third-order valence-electron chi connectivity index (χ3n) is 5.43. The molecule has 1 aliphatic carbocycles. The molecule has 144 valence electrons. The number of benzene rings is 2. The minimum atomic E-state index is -0.575. The van der Waals surface area contributed by atoms with Gasteiger partial charge in [0.2, 0.25) is 5.91 Å². The summed E-state index contributed by atoms with van der Waals surface area (Å²) in [5.41, 5.74) is 2.16. The van der Waals surface area contributed by atoms with Crippen molar-refractivity contribution in [2.75, 3.05) is 26.6 Å². The van der Waals surface area contributed by atoms with Gasteiger partial charge in [-0.15, -0.1) is 0 Å². The molecular weight excluding hydrogens is 342 g/mol. The molecule has 0 heterocycles. The van der Waals surface area contributed by atoms with Crippen LogP contribution >= 0.6 is 0 Å². The Kier molecular flexibility index (Phi) is 5.59. The van der Waals surface area contributed by atoms with Gasteiger partial charge in [-0.25, -0.2) is 0 Å². The van der Waals surface area contributed by atoms with Crippen LogP contribution in [0.25, 0.3) is 0 Å². The molecule has 1 N–H and O–H groups in total. The van der Waals surface area contributed by atoms with E-state index in [9.17, 15) is 4.79 Å². The molecule has 0 saturated heterocycles. The van der Waals surface area contributed by atoms with Crippen molar-refractivity contribution in [3.63, 3.8) is 0 Å². The van der Waals surface area contributed by atoms with Gasteiger partial charge in [0.1, 0.15) is 5.75 Å². The molecule has 0 radical (unpaired) electrons. The van der Waals surface area contributed by atoms with E-state index in [0.29, 0.717) is 22.9 Å². The van der Waals surface area contributed by atoms with Crippen LogP contribution in [-0.2, 0) is 10.2 Å². The SMILES string of the molecule is COc1ccc(C)cc1NC(=O)C1(c2ccc(OC)c(OC)c2)CCCC1. The highest BCUT2D eigenvalue weighted by Gasteiger charge is 2.43. The van der Waals surface area contributed by atoms with Gasteiger partial charge in [0.25, 0.3) is 0 Å². The average molecular weight is 369 g/mol. The fourth-order valence-electron chi connectivity index (χ4n) is 3.92. The van der Waals surface area contributed by atoms with Gasteiger partial charge in [-0.3, -0.25) is 4.79 Å². The van der Waals surface area contributed by atoms with Crippen molar-refractivity contribution in [3.05, 3.63) is 47.5 Å². The summed E-state index contributed by atoms with van der Waals surface area (Å²) in [5.74, 6) is 1.96. The Bertz CT molecular complexity index is 825. The number of hydrogen-bond acceptors (Lipinski definition) is 4. The van der Waals surface area contributed by atoms with Crippen LogP contribution in [0, 0.1) is 6.92 Å². The summed E-state index contributed by atoms with van der Waals surface area (Å²) in [6, 6.07) is 11.6. The number of rotatable bonds is 6. The first-order valence-electron chi connectivity index (χ1n) is 9.22. The van der Waals surface area contributed by atoms with Gasteiger partial charge >= 0.3 is 0 Å². The minimum Gasteiger partial charge on any atom is -0.495 e. The summed E-state index contributed by atoms with van der Waals surface area (Å²) < 4.78 is 16.2. The standard InChI is InChI=1S/C22H27NO4/c1-15-7-9-18(25-2)17(13-15)23-21(24)22(11-5-6-12-22)16-8-10-19(26-3)20(14-16)27-4/h7-10,13-14H,5-6,11-12H2,1-4H3,(H,23,24). The zero-order valence-electron chi connectivity index (χ0n) is 16.4. The zero-order valence-corrected chi connectivity index (χ0v) is 16.4. The molecule has 2 aromatic carbocycles. The van der Waals surface area contributed by atoms with Crippen molar-refractivity contribution in [2.24, 2.45) is 0 Å². The molecule has 5 heteroatoms. The molecule has 0 unspecified atom stereocenters. The minimum absolute atomic E-state index is 0.00359. The van der Waals surface area contributed by atoms with Gasteiger partial charge < -0.3 is 19.5 Å². The molecule has 27 heavy (non-hydrogen) atoms. The van der Waals surface area contributed by atoms with Crippen molar-refractivity contribution >= 4 is 11.6 Å². The van der Waals surface area contributed by atoms with Crippen molar-refractivity contribution in [2.45, 2.75) is 38.0 Å². The molecule has 0 atom stereocenters. The summed E-state index contributed by atoms with van der Waals surface area (Å²) in [6.07, 6.45) is 3.66. The summed E-state index contributed by atoms with van der Waals surface area (Å²) in [4.78, 5) is 13.4. The zero-order chi connectivity index (χ0) is 19.4. The van der Waals surface area contributed by atoms with Gasteiger partial charge in [-0.1, -0.05) is 25.0 Å². The van der Waals surface area contributed by atoms with Gasteiger partial charge in [0.05, 0.1) is 32.4 Å². The molecule has 1 amide bonds. The van der Waals surface area contributed by atoms with Crippen LogP contribution in [0.4, 0.5) is 5.69 Å². The van der Waals surface area contributed by atoms with Gasteiger partial charge in [0, 0.05) is 0 Å². The number of methoxy groups -OCH3 is 3. The summed E-state index contributed by atoms with van der Waals surface area (Å²) >= 11 is 0. The Morgan fingerprint density at radius 1 is 0.889 bits per heavy atom. The average Bonchev–Trinajstić information content (AvgIpc) is 3.19. The lowest BCUT2D eigenvalue weighted by atomic mass is 9.77. The van der Waals surface area contributed by atoms with Crippen molar-refractivity contribution in [1.29, 1.82) is 0 Å². The Labute approximate surface area is 160 Å². The van der Waals surface area contributed by atoms with E-state index < -0.39 is 5.41 Å². The van der Waals surface area contributed by atoms with Gasteiger partial charge in [-0.2, -0.15) is 0 Å². The Morgan fingerprint density at radius 3 is 2.15 bits per heavy atom. The lowest BCUT2D eigenvalue weighted by molar-refractivity contribution is -0.121. The Morgan fingerprint density at radius 2 is 1.52 bits per heavy atom. The van der Waals surface area contributed by atoms with E-state index in [1.165, 1.54) is 0 Å². The molecule has 2 aromatic rings. The van der Waals surface area contributed by atoms with E-state index in [0.717, 1.165) is 36.8 Å². The molecule has 0 aromatic heterocycles. The number of amides is 1. The number of ether oxygens (including phenoxy) is 3. The fourth-order valence-corrected chi connectivity index (χ4v) is 3.92. The molecule has 0 aliphatic heterocycles. The number of carbonyl (C=O) groups is 1. The van der Waals surface area contributed by atoms with Crippen molar-refractivity contribution in [1.82, 2.24) is 0 Å². The smallest absolute Gasteiger partial charge is 0.235 e. The highest BCUT2D eigenvalue weighted by molar-refractivity contribution is 6.00. The van der Waals surface area contributed by atoms with Crippen LogP contribution in [0.1, 0.15) is 36.8 Å². The van der Waals surface area contributed by atoms with Crippen molar-refractivity contribution in [3.8, 4) is 17.2 Å². The van der Waals surface area contributed by atoms with E-state index in [1.54, 1.807) is 21.3 Å². The third-order valence-corrected chi connectivity index (χ3v) is 5.43. The monoisotopic (exact) mass is 369 g/mol. The van der Waals surface area contributed by atoms with Gasteiger partial charge in [-0.05, 0) is 55.2 Å². The molecule has 1 aliphatic rings. The van der Waals surface area contributed by atoms with E-state index in [1.807, 2.05) is 43.3 Å². The first-order valence-corrected chi connectivity index (χ1v) is 9.22. The Hall–Kier alpha value is -2.69. The molecule has 0 spiro atoms. The second-order valence-corrected chi connectivity index (χ2v) is 7.02. The first kappa shape index (κ1) is 19.1. The maximum atomic E-state index is 13.4. The van der Waals surface area contributed by atoms with E-state index in [-0.39, 0.29) is 5.91 Å². The van der Waals surface area contributed by atoms with Crippen LogP contribution in [0.5, 0.6) is 17.2 Å². The van der Waals surface area contributed by atoms with Crippen LogP contribution in [0.15, 0.2) is 36.4 Å². The van der Waals surface area contributed by atoms with Crippen LogP contribution in [0.3, 0.4) is 0 Å². The van der Waals surface area contributed by atoms with E-state index in [4.69, 9.17) is 14.2 Å². The normalized spacial score (nSPS) is 15.3. The maximum Gasteiger partial charge on any atom is 0.235 e. The maximum absolute atomic E-state index is 13.4. The first-order chi connectivity index (χ1) is 13.0. The molecule has 5 nitrogen and oxygen atoms in total. The lowest BCUT2D eigenvalue weighted by Gasteiger charge is -2.29. The molecule has 0 bridgehead atoms. The second kappa shape index (κ2) is 7.91. The summed E-state index contributed by atoms with van der Waals surface area (Å²) in [7, 11) is 4.83. The van der Waals surface area contributed by atoms with Gasteiger partial charge in [0.15, 0.2) is 11.5 Å². The van der Waals surface area contributed by atoms with Crippen molar-refractivity contribution < 1.29 is 19.0 Å². The lowest BCUT2D eigenvalue weighted by Crippen LogP contribution is -2.38. The fraction of sp³-hybridized carbons (Fsp3) is 0.409.